The highest BCUT2D eigenvalue weighted by molar-refractivity contribution is 7.09. The van der Waals surface area contributed by atoms with Gasteiger partial charge in [-0.3, -0.25) is 9.78 Å². The third kappa shape index (κ3) is 2.89. The van der Waals surface area contributed by atoms with Gasteiger partial charge in [0.05, 0.1) is 5.51 Å². The Bertz CT molecular complexity index is 329. The fraction of sp³-hybridized carbons (Fsp3) is 0.667. The van der Waals surface area contributed by atoms with Gasteiger partial charge < -0.3 is 5.73 Å². The highest BCUT2D eigenvalue weighted by atomic mass is 32.1. The van der Waals surface area contributed by atoms with E-state index in [1.807, 2.05) is 0 Å². The number of ketones is 1. The van der Waals surface area contributed by atoms with Gasteiger partial charge in [0.2, 0.25) is 0 Å². The molecule has 1 heterocycles. The summed E-state index contributed by atoms with van der Waals surface area (Å²) in [4.78, 5) is 17.1. The maximum atomic E-state index is 12.0. The maximum absolute atomic E-state index is 12.0. The molecule has 1 aliphatic rings. The summed E-state index contributed by atoms with van der Waals surface area (Å²) < 4.78 is 0. The van der Waals surface area contributed by atoms with Gasteiger partial charge in [-0.15, -0.1) is 11.3 Å². The van der Waals surface area contributed by atoms with Crippen molar-refractivity contribution in [2.45, 2.75) is 32.1 Å². The van der Waals surface area contributed by atoms with E-state index in [2.05, 4.69) is 4.98 Å². The van der Waals surface area contributed by atoms with Crippen molar-refractivity contribution < 1.29 is 4.79 Å². The smallest absolute Gasteiger partial charge is 0.141 e. The van der Waals surface area contributed by atoms with E-state index in [0.29, 0.717) is 18.1 Å². The van der Waals surface area contributed by atoms with Crippen molar-refractivity contribution in [2.75, 3.05) is 6.54 Å². The molecule has 1 aliphatic carbocycles. The number of aromatic nitrogens is 1. The van der Waals surface area contributed by atoms with Gasteiger partial charge in [0.15, 0.2) is 0 Å². The maximum Gasteiger partial charge on any atom is 0.141 e. The van der Waals surface area contributed by atoms with Gasteiger partial charge in [-0.2, -0.15) is 0 Å². The SMILES string of the molecule is NCC1CCC(C(=O)Cc2cncs2)CC1. The van der Waals surface area contributed by atoms with E-state index in [1.165, 1.54) is 0 Å². The first kappa shape index (κ1) is 11.7. The fourth-order valence-corrected chi connectivity index (χ4v) is 2.97. The molecule has 2 rings (SSSR count). The second-order valence-electron chi connectivity index (χ2n) is 4.56. The van der Waals surface area contributed by atoms with Crippen molar-refractivity contribution in [3.8, 4) is 0 Å². The van der Waals surface area contributed by atoms with Crippen LogP contribution in [0.4, 0.5) is 0 Å². The fourth-order valence-electron chi connectivity index (χ4n) is 2.37. The number of nitrogens with two attached hydrogens (primary N) is 1. The molecule has 0 atom stereocenters. The number of thiazole rings is 1. The van der Waals surface area contributed by atoms with Crippen LogP contribution in [0.5, 0.6) is 0 Å². The van der Waals surface area contributed by atoms with Crippen molar-refractivity contribution in [2.24, 2.45) is 17.6 Å². The van der Waals surface area contributed by atoms with E-state index >= 15 is 0 Å². The first-order valence-corrected chi connectivity index (χ1v) is 6.77. The van der Waals surface area contributed by atoms with Crippen LogP contribution in [0, 0.1) is 11.8 Å². The van der Waals surface area contributed by atoms with Gasteiger partial charge in [-0.1, -0.05) is 0 Å². The summed E-state index contributed by atoms with van der Waals surface area (Å²) in [6, 6.07) is 0. The molecule has 1 aromatic rings. The van der Waals surface area contributed by atoms with Crippen LogP contribution < -0.4 is 5.73 Å². The van der Waals surface area contributed by atoms with E-state index in [9.17, 15) is 4.79 Å². The normalized spacial score (nSPS) is 25.6. The topological polar surface area (TPSA) is 56.0 Å². The number of nitrogens with zero attached hydrogens (tertiary/aromatic N) is 1. The van der Waals surface area contributed by atoms with Crippen LogP contribution in [-0.2, 0) is 11.2 Å². The first-order chi connectivity index (χ1) is 7.79. The molecule has 88 valence electrons. The lowest BCUT2D eigenvalue weighted by Gasteiger charge is -2.26. The predicted octanol–water partition coefficient (Wildman–Crippen LogP) is 2.02. The Morgan fingerprint density at radius 3 is 2.75 bits per heavy atom. The molecule has 0 spiro atoms. The Kier molecular flexibility index (Phi) is 4.07. The molecular weight excluding hydrogens is 220 g/mol. The minimum absolute atomic E-state index is 0.268. The predicted molar refractivity (Wildman–Crippen MR) is 65.3 cm³/mol. The van der Waals surface area contributed by atoms with Crippen molar-refractivity contribution in [1.29, 1.82) is 0 Å². The van der Waals surface area contributed by atoms with E-state index < -0.39 is 0 Å². The molecule has 0 aromatic carbocycles. The number of carbonyl (C=O) groups is 1. The first-order valence-electron chi connectivity index (χ1n) is 5.89. The Labute approximate surface area is 100 Å². The molecule has 2 N–H and O–H groups in total. The van der Waals surface area contributed by atoms with Crippen molar-refractivity contribution in [3.63, 3.8) is 0 Å². The molecule has 0 radical (unpaired) electrons. The van der Waals surface area contributed by atoms with Crippen molar-refractivity contribution >= 4 is 17.1 Å². The zero-order valence-electron chi connectivity index (χ0n) is 9.39. The summed E-state index contributed by atoms with van der Waals surface area (Å²) in [5, 5.41) is 0. The minimum Gasteiger partial charge on any atom is -0.330 e. The summed E-state index contributed by atoms with van der Waals surface area (Å²) in [6.45, 7) is 0.774. The Hall–Kier alpha value is -0.740. The monoisotopic (exact) mass is 238 g/mol. The van der Waals surface area contributed by atoms with Crippen LogP contribution in [0.1, 0.15) is 30.6 Å². The molecule has 0 bridgehead atoms. The van der Waals surface area contributed by atoms with Crippen LogP contribution in [0.2, 0.25) is 0 Å². The zero-order valence-corrected chi connectivity index (χ0v) is 10.2. The van der Waals surface area contributed by atoms with Gasteiger partial charge in [0, 0.05) is 23.4 Å². The van der Waals surface area contributed by atoms with Gasteiger partial charge in [-0.25, -0.2) is 0 Å². The van der Waals surface area contributed by atoms with Gasteiger partial charge in [0.25, 0.3) is 0 Å². The van der Waals surface area contributed by atoms with E-state index in [1.54, 1.807) is 23.0 Å². The average molecular weight is 238 g/mol. The molecule has 0 amide bonds. The molecule has 1 aromatic heterocycles. The average Bonchev–Trinajstić information content (AvgIpc) is 2.82. The van der Waals surface area contributed by atoms with Crippen LogP contribution in [0.3, 0.4) is 0 Å². The molecule has 1 saturated carbocycles. The van der Waals surface area contributed by atoms with E-state index in [0.717, 1.165) is 37.1 Å². The van der Waals surface area contributed by atoms with Crippen LogP contribution in [-0.4, -0.2) is 17.3 Å². The molecule has 16 heavy (non-hydrogen) atoms. The molecule has 4 heteroatoms. The second-order valence-corrected chi connectivity index (χ2v) is 5.54. The number of Topliss-reactive ketones (excluding diaryl/α,β-unsaturated/α-hetero) is 1. The molecular formula is C12H18N2OS. The third-order valence-corrected chi connectivity index (χ3v) is 4.25. The Morgan fingerprint density at radius 1 is 1.44 bits per heavy atom. The third-order valence-electron chi connectivity index (χ3n) is 3.47. The Balaban J connectivity index is 1.82. The molecule has 1 fully saturated rings. The molecule has 0 aliphatic heterocycles. The highest BCUT2D eigenvalue weighted by Crippen LogP contribution is 2.29. The summed E-state index contributed by atoms with van der Waals surface area (Å²) in [6.07, 6.45) is 6.67. The van der Waals surface area contributed by atoms with Gasteiger partial charge >= 0.3 is 0 Å². The lowest BCUT2D eigenvalue weighted by atomic mass is 9.79. The standard InChI is InChI=1S/C12H18N2OS/c13-6-9-1-3-10(4-2-9)12(15)5-11-7-14-8-16-11/h7-10H,1-6,13H2. The van der Waals surface area contributed by atoms with E-state index in [-0.39, 0.29) is 5.92 Å². The second kappa shape index (κ2) is 5.55. The lowest BCUT2D eigenvalue weighted by molar-refractivity contribution is -0.123. The Morgan fingerprint density at radius 2 is 2.19 bits per heavy atom. The largest absolute Gasteiger partial charge is 0.330 e. The van der Waals surface area contributed by atoms with Crippen LogP contribution in [0.15, 0.2) is 11.7 Å². The van der Waals surface area contributed by atoms with Gasteiger partial charge in [0.1, 0.15) is 5.78 Å². The summed E-state index contributed by atoms with van der Waals surface area (Å²) in [7, 11) is 0. The van der Waals surface area contributed by atoms with Crippen LogP contribution >= 0.6 is 11.3 Å². The number of hydrogen-bond acceptors (Lipinski definition) is 4. The molecule has 0 saturated heterocycles. The summed E-state index contributed by atoms with van der Waals surface area (Å²) in [5.74, 6) is 1.30. The lowest BCUT2D eigenvalue weighted by Crippen LogP contribution is -2.26. The minimum atomic E-state index is 0.268. The summed E-state index contributed by atoms with van der Waals surface area (Å²) >= 11 is 1.57. The number of carbonyl (C=O) groups excluding carboxylic acids is 1. The highest BCUT2D eigenvalue weighted by Gasteiger charge is 2.25. The summed E-state index contributed by atoms with van der Waals surface area (Å²) in [5.41, 5.74) is 7.43. The van der Waals surface area contributed by atoms with E-state index in [4.69, 9.17) is 5.73 Å². The zero-order chi connectivity index (χ0) is 11.4. The van der Waals surface area contributed by atoms with Gasteiger partial charge in [-0.05, 0) is 38.1 Å². The number of rotatable bonds is 4. The molecule has 0 unspecified atom stereocenters. The molecule has 3 nitrogen and oxygen atoms in total. The quantitative estimate of drug-likeness (QED) is 0.873. The van der Waals surface area contributed by atoms with Crippen molar-refractivity contribution in [3.05, 3.63) is 16.6 Å². The van der Waals surface area contributed by atoms with Crippen LogP contribution in [0.25, 0.3) is 0 Å². The number of hydrogen-bond donors (Lipinski definition) is 1. The van der Waals surface area contributed by atoms with Crippen molar-refractivity contribution in [1.82, 2.24) is 4.98 Å².